The Hall–Kier alpha value is -4.52. The lowest BCUT2D eigenvalue weighted by atomic mass is 10.1. The third-order valence-electron chi connectivity index (χ3n) is 5.31. The van der Waals surface area contributed by atoms with Crippen LogP contribution in [0.2, 0.25) is 0 Å². The van der Waals surface area contributed by atoms with Crippen LogP contribution in [0.15, 0.2) is 95.0 Å². The zero-order chi connectivity index (χ0) is 22.6. The molecule has 0 fully saturated rings. The van der Waals surface area contributed by atoms with Crippen LogP contribution in [-0.2, 0) is 6.61 Å². The summed E-state index contributed by atoms with van der Waals surface area (Å²) in [5.74, 6) is 1.14. The molecule has 0 saturated heterocycles. The largest absolute Gasteiger partial charge is 0.485 e. The second-order valence-electron chi connectivity index (χ2n) is 7.53. The Labute approximate surface area is 190 Å². The smallest absolute Gasteiger partial charge is 0.282 e. The second kappa shape index (κ2) is 8.92. The predicted octanol–water partition coefficient (Wildman–Crippen LogP) is 4.56. The molecule has 2 aromatic heterocycles. The highest BCUT2D eigenvalue weighted by atomic mass is 16.5. The third-order valence-corrected chi connectivity index (χ3v) is 5.31. The lowest BCUT2D eigenvalue weighted by molar-refractivity contribution is 0.287. The molecule has 5 aromatic rings. The number of nitrogens with zero attached hydrogens (tertiary/aromatic N) is 4. The van der Waals surface area contributed by atoms with E-state index in [0.29, 0.717) is 16.7 Å². The molecule has 7 nitrogen and oxygen atoms in total. The van der Waals surface area contributed by atoms with Crippen LogP contribution >= 0.6 is 0 Å². The van der Waals surface area contributed by atoms with Gasteiger partial charge in [-0.3, -0.25) is 9.89 Å². The number of nitrogens with one attached hydrogen (secondary N) is 1. The van der Waals surface area contributed by atoms with Crippen LogP contribution in [0, 0.1) is 6.92 Å². The van der Waals surface area contributed by atoms with E-state index in [9.17, 15) is 4.79 Å². The summed E-state index contributed by atoms with van der Waals surface area (Å²) in [6.45, 7) is 2.07. The van der Waals surface area contributed by atoms with E-state index < -0.39 is 0 Å². The monoisotopic (exact) mass is 435 g/mol. The fourth-order valence-corrected chi connectivity index (χ4v) is 3.59. The molecule has 0 saturated carbocycles. The molecule has 0 atom stereocenters. The molecule has 2 heterocycles. The van der Waals surface area contributed by atoms with Crippen molar-refractivity contribution in [1.82, 2.24) is 19.9 Å². The number of rotatable bonds is 6. The molecule has 3 aromatic carbocycles. The molecule has 0 radical (unpaired) electrons. The molecule has 0 aliphatic heterocycles. The van der Waals surface area contributed by atoms with Crippen molar-refractivity contribution in [2.24, 2.45) is 5.10 Å². The predicted molar refractivity (Wildman–Crippen MR) is 129 cm³/mol. The van der Waals surface area contributed by atoms with Crippen LogP contribution in [0.1, 0.15) is 17.0 Å². The van der Waals surface area contributed by atoms with Gasteiger partial charge in [-0.05, 0) is 30.7 Å². The molecule has 162 valence electrons. The van der Waals surface area contributed by atoms with E-state index in [1.165, 1.54) is 4.68 Å². The van der Waals surface area contributed by atoms with Crippen molar-refractivity contribution >= 4 is 17.1 Å². The summed E-state index contributed by atoms with van der Waals surface area (Å²) in [7, 11) is 0. The highest BCUT2D eigenvalue weighted by Crippen LogP contribution is 2.20. The summed E-state index contributed by atoms with van der Waals surface area (Å²) >= 11 is 0. The van der Waals surface area contributed by atoms with Crippen molar-refractivity contribution in [1.29, 1.82) is 0 Å². The molecule has 0 unspecified atom stereocenters. The minimum atomic E-state index is -0.259. The zero-order valence-corrected chi connectivity index (χ0v) is 18.0. The van der Waals surface area contributed by atoms with Crippen LogP contribution in [0.5, 0.6) is 5.75 Å². The zero-order valence-electron chi connectivity index (χ0n) is 18.0. The molecule has 0 aliphatic carbocycles. The standard InChI is InChI=1S/C26H21N5O2/c1-18-9-5-8-14-23(18)33-17-24-29-22-13-7-6-12-21(22)26(32)31(24)28-16-20-15-27-30-25(20)19-10-3-2-4-11-19/h2-16H,17H2,1H3,(H,27,30)/b28-16+. The van der Waals surface area contributed by atoms with Gasteiger partial charge in [0.05, 0.1) is 29.0 Å². The molecule has 1 N–H and O–H groups in total. The van der Waals surface area contributed by atoms with Crippen LogP contribution < -0.4 is 10.3 Å². The minimum absolute atomic E-state index is 0.0964. The average Bonchev–Trinajstić information content (AvgIpc) is 3.32. The Kier molecular flexibility index (Phi) is 5.51. The Morgan fingerprint density at radius 1 is 1.00 bits per heavy atom. The van der Waals surface area contributed by atoms with Crippen molar-refractivity contribution in [2.45, 2.75) is 13.5 Å². The SMILES string of the molecule is Cc1ccccc1OCc1nc2ccccc2c(=O)n1/N=C/c1cn[nH]c1-c1ccccc1. The van der Waals surface area contributed by atoms with Crippen LogP contribution in [0.4, 0.5) is 0 Å². The number of H-pyrrole nitrogens is 1. The van der Waals surface area contributed by atoms with Gasteiger partial charge in [0.1, 0.15) is 12.4 Å². The third kappa shape index (κ3) is 4.16. The number of aryl methyl sites for hydroxylation is 1. The van der Waals surface area contributed by atoms with E-state index in [4.69, 9.17) is 4.74 Å². The first kappa shape index (κ1) is 20.4. The van der Waals surface area contributed by atoms with Gasteiger partial charge in [0, 0.05) is 11.1 Å². The molecule has 7 heteroatoms. The Morgan fingerprint density at radius 3 is 2.61 bits per heavy atom. The molecule has 0 amide bonds. The Morgan fingerprint density at radius 2 is 1.76 bits per heavy atom. The van der Waals surface area contributed by atoms with Gasteiger partial charge in [-0.2, -0.15) is 14.9 Å². The highest BCUT2D eigenvalue weighted by Gasteiger charge is 2.12. The molecule has 0 bridgehead atoms. The number of para-hydroxylation sites is 2. The van der Waals surface area contributed by atoms with Crippen molar-refractivity contribution in [3.8, 4) is 17.0 Å². The van der Waals surface area contributed by atoms with Gasteiger partial charge in [0.15, 0.2) is 5.82 Å². The summed E-state index contributed by atoms with van der Waals surface area (Å²) in [4.78, 5) is 17.9. The fourth-order valence-electron chi connectivity index (χ4n) is 3.59. The maximum Gasteiger partial charge on any atom is 0.282 e. The minimum Gasteiger partial charge on any atom is -0.485 e. The lowest BCUT2D eigenvalue weighted by Gasteiger charge is -2.12. The topological polar surface area (TPSA) is 85.2 Å². The van der Waals surface area contributed by atoms with Gasteiger partial charge >= 0.3 is 0 Å². The summed E-state index contributed by atoms with van der Waals surface area (Å²) in [6, 6.07) is 24.8. The maximum atomic E-state index is 13.3. The fraction of sp³-hybridized carbons (Fsp3) is 0.0769. The average molecular weight is 435 g/mol. The molecule has 33 heavy (non-hydrogen) atoms. The molecular formula is C26H21N5O2. The van der Waals surface area contributed by atoms with E-state index in [0.717, 1.165) is 28.1 Å². The van der Waals surface area contributed by atoms with E-state index in [1.54, 1.807) is 18.5 Å². The van der Waals surface area contributed by atoms with Gasteiger partial charge in [-0.1, -0.05) is 60.7 Å². The summed E-state index contributed by atoms with van der Waals surface area (Å²) in [6.07, 6.45) is 3.29. The number of fused-ring (bicyclic) bond motifs is 1. The van der Waals surface area contributed by atoms with Crippen molar-refractivity contribution in [3.05, 3.63) is 112 Å². The van der Waals surface area contributed by atoms with Crippen molar-refractivity contribution in [2.75, 3.05) is 0 Å². The van der Waals surface area contributed by atoms with Crippen molar-refractivity contribution in [3.63, 3.8) is 0 Å². The first-order valence-corrected chi connectivity index (χ1v) is 10.5. The van der Waals surface area contributed by atoms with Crippen LogP contribution in [-0.4, -0.2) is 26.1 Å². The normalized spacial score (nSPS) is 11.3. The van der Waals surface area contributed by atoms with Crippen LogP contribution in [0.3, 0.4) is 0 Å². The Bertz CT molecular complexity index is 1500. The number of hydrogen-bond donors (Lipinski definition) is 1. The van der Waals surface area contributed by atoms with Crippen molar-refractivity contribution < 1.29 is 4.74 Å². The van der Waals surface area contributed by atoms with Crippen LogP contribution in [0.25, 0.3) is 22.2 Å². The number of hydrogen-bond acceptors (Lipinski definition) is 5. The number of benzene rings is 3. The lowest BCUT2D eigenvalue weighted by Crippen LogP contribution is -2.23. The second-order valence-corrected chi connectivity index (χ2v) is 7.53. The summed E-state index contributed by atoms with van der Waals surface area (Å²) in [5.41, 5.74) is 3.90. The molecular weight excluding hydrogens is 414 g/mol. The van der Waals surface area contributed by atoms with Gasteiger partial charge < -0.3 is 4.74 Å². The van der Waals surface area contributed by atoms with Gasteiger partial charge in [-0.25, -0.2) is 4.98 Å². The Balaban J connectivity index is 1.55. The quantitative estimate of drug-likeness (QED) is 0.396. The first-order chi connectivity index (χ1) is 16.2. The van der Waals surface area contributed by atoms with Gasteiger partial charge in [0.2, 0.25) is 0 Å². The summed E-state index contributed by atoms with van der Waals surface area (Å²) in [5, 5.41) is 12.1. The van der Waals surface area contributed by atoms with E-state index in [-0.39, 0.29) is 12.2 Å². The van der Waals surface area contributed by atoms with E-state index >= 15 is 0 Å². The highest BCUT2D eigenvalue weighted by molar-refractivity contribution is 5.88. The number of aromatic nitrogens is 4. The number of ether oxygens (including phenoxy) is 1. The molecule has 0 spiro atoms. The number of aromatic amines is 1. The van der Waals surface area contributed by atoms with E-state index in [1.807, 2.05) is 79.7 Å². The molecule has 5 rings (SSSR count). The molecule has 0 aliphatic rings. The first-order valence-electron chi connectivity index (χ1n) is 10.5. The van der Waals surface area contributed by atoms with Gasteiger partial charge in [0.25, 0.3) is 5.56 Å². The van der Waals surface area contributed by atoms with E-state index in [2.05, 4.69) is 20.3 Å². The summed E-state index contributed by atoms with van der Waals surface area (Å²) < 4.78 is 7.28. The van der Waals surface area contributed by atoms with Gasteiger partial charge in [-0.15, -0.1) is 0 Å². The maximum absolute atomic E-state index is 13.3.